The lowest BCUT2D eigenvalue weighted by atomic mass is 10.0. The zero-order valence-corrected chi connectivity index (χ0v) is 12.2. The number of aliphatic hydroxyl groups is 1. The number of carbonyl (C=O) groups is 1. The molecule has 6 heteroatoms. The highest BCUT2D eigenvalue weighted by atomic mass is 35.5. The highest BCUT2D eigenvalue weighted by molar-refractivity contribution is 6.31. The summed E-state index contributed by atoms with van der Waals surface area (Å²) in [4.78, 5) is 11.9. The van der Waals surface area contributed by atoms with Crippen molar-refractivity contribution < 1.29 is 9.90 Å². The summed E-state index contributed by atoms with van der Waals surface area (Å²) < 4.78 is 0. The number of rotatable bonds is 4. The SMILES string of the molecule is C[C@@H](O)[C@H](N)C(=O)NC1(c2ccccc2Cl)CC1.Cl. The Morgan fingerprint density at radius 2 is 2.05 bits per heavy atom. The fourth-order valence-electron chi connectivity index (χ4n) is 1.97. The zero-order valence-electron chi connectivity index (χ0n) is 10.6. The van der Waals surface area contributed by atoms with Crippen LogP contribution in [0.3, 0.4) is 0 Å². The van der Waals surface area contributed by atoms with E-state index in [9.17, 15) is 9.90 Å². The second-order valence-corrected chi connectivity index (χ2v) is 5.22. The van der Waals surface area contributed by atoms with E-state index in [1.165, 1.54) is 6.92 Å². The Morgan fingerprint density at radius 3 is 2.53 bits per heavy atom. The Hall–Kier alpha value is -0.810. The second-order valence-electron chi connectivity index (χ2n) is 4.82. The maximum Gasteiger partial charge on any atom is 0.240 e. The van der Waals surface area contributed by atoms with Crippen molar-refractivity contribution in [1.29, 1.82) is 0 Å². The molecule has 4 N–H and O–H groups in total. The molecule has 0 saturated heterocycles. The minimum atomic E-state index is -0.912. The molecule has 2 rings (SSSR count). The van der Waals surface area contributed by atoms with Crippen LogP contribution >= 0.6 is 24.0 Å². The highest BCUT2D eigenvalue weighted by Gasteiger charge is 2.47. The minimum absolute atomic E-state index is 0. The Balaban J connectivity index is 0.00000180. The smallest absolute Gasteiger partial charge is 0.240 e. The van der Waals surface area contributed by atoms with E-state index in [0.717, 1.165) is 18.4 Å². The zero-order chi connectivity index (χ0) is 13.3. The third-order valence-electron chi connectivity index (χ3n) is 3.32. The molecule has 1 aliphatic rings. The van der Waals surface area contributed by atoms with Gasteiger partial charge in [-0.1, -0.05) is 29.8 Å². The summed E-state index contributed by atoms with van der Waals surface area (Å²) in [6, 6.07) is 6.54. The third-order valence-corrected chi connectivity index (χ3v) is 3.65. The monoisotopic (exact) mass is 304 g/mol. The van der Waals surface area contributed by atoms with Crippen molar-refractivity contribution in [2.24, 2.45) is 5.73 Å². The molecule has 1 amide bonds. The van der Waals surface area contributed by atoms with E-state index in [1.807, 2.05) is 18.2 Å². The molecule has 0 radical (unpaired) electrons. The molecule has 0 aliphatic heterocycles. The van der Waals surface area contributed by atoms with Gasteiger partial charge in [-0.25, -0.2) is 0 Å². The molecular formula is C13H18Cl2N2O2. The van der Waals surface area contributed by atoms with E-state index in [-0.39, 0.29) is 18.3 Å². The van der Waals surface area contributed by atoms with Gasteiger partial charge in [-0.2, -0.15) is 0 Å². The Kier molecular flexibility index (Phi) is 5.21. The van der Waals surface area contributed by atoms with Crippen molar-refractivity contribution >= 4 is 29.9 Å². The van der Waals surface area contributed by atoms with Gasteiger partial charge in [0.1, 0.15) is 6.04 Å². The fraction of sp³-hybridized carbons (Fsp3) is 0.462. The molecule has 0 bridgehead atoms. The number of hydrogen-bond acceptors (Lipinski definition) is 3. The number of nitrogens with one attached hydrogen (secondary N) is 1. The first-order chi connectivity index (χ1) is 8.46. The molecule has 19 heavy (non-hydrogen) atoms. The van der Waals surface area contributed by atoms with Gasteiger partial charge in [0.15, 0.2) is 0 Å². The molecule has 1 fully saturated rings. The van der Waals surface area contributed by atoms with Gasteiger partial charge in [0.2, 0.25) is 5.91 Å². The maximum absolute atomic E-state index is 11.9. The summed E-state index contributed by atoms with van der Waals surface area (Å²) in [5.74, 6) is -0.345. The highest BCUT2D eigenvalue weighted by Crippen LogP contribution is 2.47. The van der Waals surface area contributed by atoms with Crippen molar-refractivity contribution in [2.75, 3.05) is 0 Å². The van der Waals surface area contributed by atoms with E-state index in [0.29, 0.717) is 5.02 Å². The van der Waals surface area contributed by atoms with Gasteiger partial charge >= 0.3 is 0 Å². The van der Waals surface area contributed by atoms with E-state index in [2.05, 4.69) is 5.32 Å². The summed E-state index contributed by atoms with van der Waals surface area (Å²) >= 11 is 6.14. The Bertz CT molecular complexity index is 462. The standard InChI is InChI=1S/C13H17ClN2O2.ClH/c1-8(17)11(15)12(18)16-13(6-7-13)9-4-2-3-5-10(9)14;/h2-5,8,11,17H,6-7,15H2,1H3,(H,16,18);1H/t8-,11+;/m1./s1. The number of nitrogens with two attached hydrogens (primary N) is 1. The number of aliphatic hydroxyl groups excluding tert-OH is 1. The van der Waals surface area contributed by atoms with E-state index < -0.39 is 17.7 Å². The molecule has 0 unspecified atom stereocenters. The van der Waals surface area contributed by atoms with Gasteiger partial charge in [-0.15, -0.1) is 12.4 Å². The second kappa shape index (κ2) is 6.09. The van der Waals surface area contributed by atoms with Gasteiger partial charge < -0.3 is 16.2 Å². The number of amides is 1. The summed E-state index contributed by atoms with van der Waals surface area (Å²) in [6.45, 7) is 1.50. The Morgan fingerprint density at radius 1 is 1.47 bits per heavy atom. The molecule has 1 saturated carbocycles. The first-order valence-corrected chi connectivity index (χ1v) is 6.35. The fourth-order valence-corrected chi connectivity index (χ4v) is 2.29. The van der Waals surface area contributed by atoms with Gasteiger partial charge in [0.05, 0.1) is 11.6 Å². The largest absolute Gasteiger partial charge is 0.391 e. The van der Waals surface area contributed by atoms with Crippen LogP contribution in [-0.4, -0.2) is 23.2 Å². The van der Waals surface area contributed by atoms with Crippen LogP contribution in [-0.2, 0) is 10.3 Å². The van der Waals surface area contributed by atoms with E-state index in [4.69, 9.17) is 17.3 Å². The van der Waals surface area contributed by atoms with Crippen LogP contribution in [0.15, 0.2) is 24.3 Å². The first kappa shape index (κ1) is 16.2. The molecule has 0 spiro atoms. The summed E-state index contributed by atoms with van der Waals surface area (Å²) in [5.41, 5.74) is 6.13. The summed E-state index contributed by atoms with van der Waals surface area (Å²) in [7, 11) is 0. The summed E-state index contributed by atoms with van der Waals surface area (Å²) in [5, 5.41) is 12.9. The van der Waals surface area contributed by atoms with E-state index >= 15 is 0 Å². The van der Waals surface area contributed by atoms with Gasteiger partial charge in [0, 0.05) is 5.02 Å². The van der Waals surface area contributed by atoms with Crippen molar-refractivity contribution in [3.8, 4) is 0 Å². The van der Waals surface area contributed by atoms with Crippen molar-refractivity contribution in [2.45, 2.75) is 37.5 Å². The molecule has 0 aromatic heterocycles. The minimum Gasteiger partial charge on any atom is -0.391 e. The Labute approximate surface area is 123 Å². The maximum atomic E-state index is 11.9. The summed E-state index contributed by atoms with van der Waals surface area (Å²) in [6.07, 6.45) is 0.816. The van der Waals surface area contributed by atoms with Crippen LogP contribution in [0, 0.1) is 0 Å². The lowest BCUT2D eigenvalue weighted by molar-refractivity contribution is -0.125. The van der Waals surface area contributed by atoms with Crippen LogP contribution < -0.4 is 11.1 Å². The van der Waals surface area contributed by atoms with Crippen LogP contribution in [0.25, 0.3) is 0 Å². The molecule has 2 atom stereocenters. The predicted molar refractivity (Wildman–Crippen MR) is 77.4 cm³/mol. The molecular weight excluding hydrogens is 287 g/mol. The van der Waals surface area contributed by atoms with Crippen LogP contribution in [0.2, 0.25) is 5.02 Å². The predicted octanol–water partition coefficient (Wildman–Crippen LogP) is 1.58. The van der Waals surface area contributed by atoms with Gasteiger partial charge in [0.25, 0.3) is 0 Å². The number of carbonyl (C=O) groups excluding carboxylic acids is 1. The molecule has 1 aromatic carbocycles. The van der Waals surface area contributed by atoms with Gasteiger partial charge in [-0.05, 0) is 31.4 Å². The van der Waals surface area contributed by atoms with Crippen molar-refractivity contribution in [3.63, 3.8) is 0 Å². The number of halogens is 2. The van der Waals surface area contributed by atoms with Gasteiger partial charge in [-0.3, -0.25) is 4.79 Å². The van der Waals surface area contributed by atoms with Crippen LogP contribution in [0.1, 0.15) is 25.3 Å². The lowest BCUT2D eigenvalue weighted by Crippen LogP contribution is -2.50. The quantitative estimate of drug-likeness (QED) is 0.790. The normalized spacial score (nSPS) is 18.9. The molecule has 1 aliphatic carbocycles. The van der Waals surface area contributed by atoms with Crippen LogP contribution in [0.4, 0.5) is 0 Å². The average Bonchev–Trinajstić information content (AvgIpc) is 3.09. The number of benzene rings is 1. The molecule has 106 valence electrons. The third kappa shape index (κ3) is 3.39. The molecule has 4 nitrogen and oxygen atoms in total. The van der Waals surface area contributed by atoms with Crippen LogP contribution in [0.5, 0.6) is 0 Å². The molecule has 0 heterocycles. The lowest BCUT2D eigenvalue weighted by Gasteiger charge is -2.22. The van der Waals surface area contributed by atoms with E-state index in [1.54, 1.807) is 6.07 Å². The first-order valence-electron chi connectivity index (χ1n) is 5.97. The molecule has 1 aromatic rings. The van der Waals surface area contributed by atoms with Crippen molar-refractivity contribution in [1.82, 2.24) is 5.32 Å². The number of hydrogen-bond donors (Lipinski definition) is 3. The average molecular weight is 305 g/mol. The van der Waals surface area contributed by atoms with Crippen molar-refractivity contribution in [3.05, 3.63) is 34.9 Å². The topological polar surface area (TPSA) is 75.3 Å².